The minimum atomic E-state index is -0.378. The summed E-state index contributed by atoms with van der Waals surface area (Å²) in [7, 11) is 1.69. The lowest BCUT2D eigenvalue weighted by Crippen LogP contribution is -2.14. The Bertz CT molecular complexity index is 1020. The van der Waals surface area contributed by atoms with Crippen molar-refractivity contribution < 1.29 is 9.53 Å². The lowest BCUT2D eigenvalue weighted by atomic mass is 9.94. The quantitative estimate of drug-likeness (QED) is 0.569. The molecule has 0 saturated carbocycles. The van der Waals surface area contributed by atoms with Crippen molar-refractivity contribution >= 4 is 5.91 Å². The Morgan fingerprint density at radius 3 is 2.41 bits per heavy atom. The molecule has 1 aromatic heterocycles. The first-order valence-corrected chi connectivity index (χ1v) is 10.2. The van der Waals surface area contributed by atoms with Crippen molar-refractivity contribution in [1.29, 1.82) is 0 Å². The number of methoxy groups -OCH3 is 1. The summed E-state index contributed by atoms with van der Waals surface area (Å²) < 4.78 is 7.81. The van der Waals surface area contributed by atoms with Gasteiger partial charge in [-0.2, -0.15) is 0 Å². The largest absolute Gasteiger partial charge is 0.496 e. The Kier molecular flexibility index (Phi) is 6.42. The second-order valence-corrected chi connectivity index (χ2v) is 7.46. The molecule has 0 aliphatic carbocycles. The van der Waals surface area contributed by atoms with E-state index in [2.05, 4.69) is 36.6 Å². The highest BCUT2D eigenvalue weighted by molar-refractivity contribution is 6.02. The highest BCUT2D eigenvalue weighted by Crippen LogP contribution is 2.36. The highest BCUT2D eigenvalue weighted by atomic mass is 16.5. The number of primary amides is 1. The van der Waals surface area contributed by atoms with Crippen LogP contribution in [0.4, 0.5) is 0 Å². The number of aryl methyl sites for hydroxylation is 1. The van der Waals surface area contributed by atoms with Gasteiger partial charge in [-0.3, -0.25) is 4.79 Å². The average molecular weight is 391 g/mol. The van der Waals surface area contributed by atoms with Gasteiger partial charge in [0.05, 0.1) is 19.2 Å². The first kappa shape index (κ1) is 20.7. The van der Waals surface area contributed by atoms with E-state index in [4.69, 9.17) is 10.5 Å². The summed E-state index contributed by atoms with van der Waals surface area (Å²) in [6.07, 6.45) is 3.02. The van der Waals surface area contributed by atoms with Gasteiger partial charge in [-0.05, 0) is 43.9 Å². The lowest BCUT2D eigenvalue weighted by molar-refractivity contribution is 0.1000. The zero-order valence-electron chi connectivity index (χ0n) is 17.8. The van der Waals surface area contributed by atoms with Crippen molar-refractivity contribution in [3.8, 4) is 16.9 Å². The van der Waals surface area contributed by atoms with Crippen LogP contribution >= 0.6 is 0 Å². The molecule has 3 rings (SSSR count). The van der Waals surface area contributed by atoms with Crippen molar-refractivity contribution in [2.75, 3.05) is 7.11 Å². The van der Waals surface area contributed by atoms with Gasteiger partial charge in [-0.15, -0.1) is 0 Å². The van der Waals surface area contributed by atoms with E-state index in [-0.39, 0.29) is 5.91 Å². The molecule has 0 atom stereocenters. The topological polar surface area (TPSA) is 57.2 Å². The van der Waals surface area contributed by atoms with E-state index in [0.29, 0.717) is 12.1 Å². The molecule has 3 aromatic rings. The van der Waals surface area contributed by atoms with Gasteiger partial charge in [-0.25, -0.2) is 0 Å². The molecule has 4 heteroatoms. The first-order valence-electron chi connectivity index (χ1n) is 10.2. The summed E-state index contributed by atoms with van der Waals surface area (Å²) in [5.74, 6) is 0.470. The van der Waals surface area contributed by atoms with Gasteiger partial charge < -0.3 is 15.0 Å². The van der Waals surface area contributed by atoms with E-state index in [9.17, 15) is 4.79 Å². The number of amides is 1. The van der Waals surface area contributed by atoms with Gasteiger partial charge in [-0.1, -0.05) is 55.8 Å². The van der Waals surface area contributed by atoms with Crippen LogP contribution in [0.1, 0.15) is 52.6 Å². The normalized spacial score (nSPS) is 10.9. The Hall–Kier alpha value is -3.01. The number of carbonyl (C=O) groups excluding carboxylic acids is 1. The molecule has 2 aromatic carbocycles. The number of hydrogen-bond acceptors (Lipinski definition) is 2. The molecular formula is C25H30N2O2. The van der Waals surface area contributed by atoms with E-state index in [0.717, 1.165) is 53.0 Å². The lowest BCUT2D eigenvalue weighted by Gasteiger charge is -2.16. The predicted molar refractivity (Wildman–Crippen MR) is 119 cm³/mol. The molecule has 0 aliphatic rings. The van der Waals surface area contributed by atoms with Gasteiger partial charge in [0.2, 0.25) is 0 Å². The van der Waals surface area contributed by atoms with Gasteiger partial charge in [0.25, 0.3) is 5.91 Å². The number of unbranched alkanes of at least 4 members (excludes halogenated alkanes) is 1. The number of para-hydroxylation sites is 1. The smallest absolute Gasteiger partial charge is 0.251 e. The van der Waals surface area contributed by atoms with Gasteiger partial charge in [0.1, 0.15) is 5.75 Å². The molecule has 0 fully saturated rings. The number of ether oxygens (including phenoxy) is 1. The van der Waals surface area contributed by atoms with Crippen LogP contribution in [-0.2, 0) is 13.0 Å². The zero-order chi connectivity index (χ0) is 21.0. The molecule has 0 bridgehead atoms. The second-order valence-electron chi connectivity index (χ2n) is 7.46. The maximum absolute atomic E-state index is 12.5. The number of carbonyl (C=O) groups is 1. The Morgan fingerprint density at radius 2 is 1.76 bits per heavy atom. The maximum Gasteiger partial charge on any atom is 0.251 e. The van der Waals surface area contributed by atoms with Gasteiger partial charge in [0, 0.05) is 22.5 Å². The van der Waals surface area contributed by atoms with Crippen LogP contribution in [-0.4, -0.2) is 17.6 Å². The van der Waals surface area contributed by atoms with E-state index in [1.165, 1.54) is 5.69 Å². The molecule has 152 valence electrons. The first-order chi connectivity index (χ1) is 14.0. The van der Waals surface area contributed by atoms with Gasteiger partial charge >= 0.3 is 0 Å². The molecular weight excluding hydrogens is 360 g/mol. The molecule has 0 saturated heterocycles. The number of aromatic nitrogens is 1. The van der Waals surface area contributed by atoms with E-state index >= 15 is 0 Å². The molecule has 0 aliphatic heterocycles. The maximum atomic E-state index is 12.5. The van der Waals surface area contributed by atoms with E-state index in [1.807, 2.05) is 37.3 Å². The summed E-state index contributed by atoms with van der Waals surface area (Å²) in [6.45, 7) is 6.90. The summed E-state index contributed by atoms with van der Waals surface area (Å²) >= 11 is 0. The summed E-state index contributed by atoms with van der Waals surface area (Å²) in [4.78, 5) is 12.5. The minimum Gasteiger partial charge on any atom is -0.496 e. The molecule has 29 heavy (non-hydrogen) atoms. The standard InChI is InChI=1S/C25H30N2O2/c1-5-6-14-21-24(20-13-9-7-11-17(20)2)23(25(26)28)18(3)27(21)16-19-12-8-10-15-22(19)29-4/h7-13,15H,5-6,14,16H2,1-4H3,(H2,26,28). The van der Waals surface area contributed by atoms with E-state index < -0.39 is 0 Å². The zero-order valence-corrected chi connectivity index (χ0v) is 17.8. The number of nitrogens with zero attached hydrogens (tertiary/aromatic N) is 1. The number of rotatable bonds is 8. The summed E-state index contributed by atoms with van der Waals surface area (Å²) in [6, 6.07) is 16.2. The predicted octanol–water partition coefficient (Wildman–Crippen LogP) is 5.27. The Labute approximate surface area is 173 Å². The second kappa shape index (κ2) is 8.99. The van der Waals surface area contributed by atoms with Crippen LogP contribution in [0.25, 0.3) is 11.1 Å². The monoisotopic (exact) mass is 390 g/mol. The third-order valence-corrected chi connectivity index (χ3v) is 5.58. The molecule has 0 unspecified atom stereocenters. The highest BCUT2D eigenvalue weighted by Gasteiger charge is 2.25. The number of benzene rings is 2. The van der Waals surface area contributed by atoms with Crippen LogP contribution in [0.5, 0.6) is 5.75 Å². The van der Waals surface area contributed by atoms with Crippen LogP contribution < -0.4 is 10.5 Å². The van der Waals surface area contributed by atoms with Crippen LogP contribution in [0.3, 0.4) is 0 Å². The fourth-order valence-electron chi connectivity index (χ4n) is 4.06. The van der Waals surface area contributed by atoms with Crippen molar-refractivity contribution in [3.63, 3.8) is 0 Å². The van der Waals surface area contributed by atoms with Crippen LogP contribution in [0, 0.1) is 13.8 Å². The third-order valence-electron chi connectivity index (χ3n) is 5.58. The number of hydrogen-bond donors (Lipinski definition) is 1. The summed E-state index contributed by atoms with van der Waals surface area (Å²) in [5, 5.41) is 0. The average Bonchev–Trinajstić information content (AvgIpc) is 2.98. The molecule has 2 N–H and O–H groups in total. The minimum absolute atomic E-state index is 0.378. The molecule has 1 heterocycles. The third kappa shape index (κ3) is 4.07. The van der Waals surface area contributed by atoms with Crippen molar-refractivity contribution in [1.82, 2.24) is 4.57 Å². The molecule has 1 amide bonds. The fraction of sp³-hybridized carbons (Fsp3) is 0.320. The van der Waals surface area contributed by atoms with E-state index in [1.54, 1.807) is 7.11 Å². The number of nitrogens with two attached hydrogens (primary N) is 1. The molecule has 4 nitrogen and oxygen atoms in total. The van der Waals surface area contributed by atoms with Crippen LogP contribution in [0.15, 0.2) is 48.5 Å². The van der Waals surface area contributed by atoms with Gasteiger partial charge in [0.15, 0.2) is 0 Å². The van der Waals surface area contributed by atoms with Crippen molar-refractivity contribution in [3.05, 3.63) is 76.6 Å². The SMILES string of the molecule is CCCCc1c(-c2ccccc2C)c(C(N)=O)c(C)n1Cc1ccccc1OC. The summed E-state index contributed by atoms with van der Waals surface area (Å²) in [5.41, 5.74) is 12.9. The van der Waals surface area contributed by atoms with Crippen LogP contribution in [0.2, 0.25) is 0 Å². The van der Waals surface area contributed by atoms with Crippen molar-refractivity contribution in [2.24, 2.45) is 5.73 Å². The Morgan fingerprint density at radius 1 is 1.07 bits per heavy atom. The Balaban J connectivity index is 2.26. The molecule has 0 radical (unpaired) electrons. The fourth-order valence-corrected chi connectivity index (χ4v) is 4.06. The molecule has 0 spiro atoms. The van der Waals surface area contributed by atoms with Crippen molar-refractivity contribution in [2.45, 2.75) is 46.6 Å².